The van der Waals surface area contributed by atoms with Crippen molar-refractivity contribution in [3.8, 4) is 0 Å². The summed E-state index contributed by atoms with van der Waals surface area (Å²) in [5.41, 5.74) is 10.0. The molecule has 0 bridgehead atoms. The third-order valence-corrected chi connectivity index (χ3v) is 8.94. The smallest absolute Gasteiger partial charge is 0.223 e. The lowest BCUT2D eigenvalue weighted by Gasteiger charge is -2.38. The van der Waals surface area contributed by atoms with E-state index in [1.807, 2.05) is 13.1 Å². The molecule has 2 saturated heterocycles. The molecule has 0 radical (unpaired) electrons. The largest absolute Gasteiger partial charge is 0.352 e. The minimum absolute atomic E-state index is 0.0287. The SMILES string of the molecule is CN1CC(Cc2c(F)cccc2F)CC(NC(=O)C2CCC3NNC(c4ccc5nsnc5c4)C3C2)C1. The molecule has 2 aromatic carbocycles. The topological polar surface area (TPSA) is 82.2 Å². The molecule has 2 aliphatic heterocycles. The fraction of sp³-hybridized carbons (Fsp3) is 0.519. The second-order valence-electron chi connectivity index (χ2n) is 11.0. The van der Waals surface area contributed by atoms with Gasteiger partial charge in [-0.1, -0.05) is 12.1 Å². The molecule has 1 aliphatic carbocycles. The number of hydrogen-bond donors (Lipinski definition) is 3. The van der Waals surface area contributed by atoms with Crippen LogP contribution in [-0.2, 0) is 11.2 Å². The van der Waals surface area contributed by atoms with Crippen molar-refractivity contribution in [1.82, 2.24) is 29.8 Å². The quantitative estimate of drug-likeness (QED) is 0.472. The molecule has 196 valence electrons. The molecule has 1 aromatic heterocycles. The van der Waals surface area contributed by atoms with E-state index in [4.69, 9.17) is 0 Å². The lowest BCUT2D eigenvalue weighted by atomic mass is 9.74. The highest BCUT2D eigenvalue weighted by atomic mass is 32.1. The molecule has 3 fully saturated rings. The highest BCUT2D eigenvalue weighted by Gasteiger charge is 2.43. The minimum atomic E-state index is -0.496. The van der Waals surface area contributed by atoms with Gasteiger partial charge in [-0.15, -0.1) is 0 Å². The normalized spacial score (nSPS) is 30.4. The first-order valence-corrected chi connectivity index (χ1v) is 13.8. The molecule has 3 heterocycles. The summed E-state index contributed by atoms with van der Waals surface area (Å²) in [7, 11) is 2.00. The Labute approximate surface area is 219 Å². The van der Waals surface area contributed by atoms with Gasteiger partial charge in [-0.25, -0.2) is 14.2 Å². The number of fused-ring (bicyclic) bond motifs is 2. The molecule has 1 amide bonds. The summed E-state index contributed by atoms with van der Waals surface area (Å²) in [4.78, 5) is 15.6. The van der Waals surface area contributed by atoms with Crippen LogP contribution in [0.1, 0.15) is 42.9 Å². The molecule has 0 spiro atoms. The van der Waals surface area contributed by atoms with E-state index in [1.54, 1.807) is 0 Å². The van der Waals surface area contributed by atoms with E-state index in [0.717, 1.165) is 49.8 Å². The predicted molar refractivity (Wildman–Crippen MR) is 139 cm³/mol. The van der Waals surface area contributed by atoms with Crippen molar-refractivity contribution in [3.63, 3.8) is 0 Å². The maximum atomic E-state index is 14.2. The maximum Gasteiger partial charge on any atom is 0.223 e. The second kappa shape index (κ2) is 10.3. The predicted octanol–water partition coefficient (Wildman–Crippen LogP) is 3.58. The van der Waals surface area contributed by atoms with Gasteiger partial charge in [0.1, 0.15) is 22.7 Å². The number of hydrazine groups is 1. The fourth-order valence-corrected chi connectivity index (χ4v) is 7.17. The molecule has 3 aromatic rings. The van der Waals surface area contributed by atoms with Gasteiger partial charge < -0.3 is 10.2 Å². The number of nitrogens with zero attached hydrogens (tertiary/aromatic N) is 3. The number of carbonyl (C=O) groups excluding carboxylic acids is 1. The molecule has 37 heavy (non-hydrogen) atoms. The van der Waals surface area contributed by atoms with Crippen molar-refractivity contribution in [2.45, 2.75) is 50.2 Å². The van der Waals surface area contributed by atoms with E-state index in [9.17, 15) is 13.6 Å². The van der Waals surface area contributed by atoms with Crippen LogP contribution in [0.4, 0.5) is 8.78 Å². The number of rotatable bonds is 5. The molecule has 6 atom stereocenters. The van der Waals surface area contributed by atoms with Crippen molar-refractivity contribution >= 4 is 28.7 Å². The number of halogens is 2. The highest BCUT2D eigenvalue weighted by molar-refractivity contribution is 7.00. The third kappa shape index (κ3) is 5.12. The number of amides is 1. The van der Waals surface area contributed by atoms with Crippen molar-refractivity contribution in [2.75, 3.05) is 20.1 Å². The van der Waals surface area contributed by atoms with Gasteiger partial charge in [-0.2, -0.15) is 8.75 Å². The van der Waals surface area contributed by atoms with E-state index in [2.05, 4.69) is 41.9 Å². The highest BCUT2D eigenvalue weighted by Crippen LogP contribution is 2.41. The Kier molecular flexibility index (Phi) is 6.91. The summed E-state index contributed by atoms with van der Waals surface area (Å²) in [5.74, 6) is -0.564. The Morgan fingerprint density at radius 2 is 1.89 bits per heavy atom. The van der Waals surface area contributed by atoms with Crippen molar-refractivity contribution in [1.29, 1.82) is 0 Å². The molecule has 7 nitrogen and oxygen atoms in total. The molecule has 3 aliphatic rings. The van der Waals surface area contributed by atoms with E-state index in [1.165, 1.54) is 35.5 Å². The average Bonchev–Trinajstić information content (AvgIpc) is 3.52. The van der Waals surface area contributed by atoms with Crippen molar-refractivity contribution in [2.24, 2.45) is 17.8 Å². The van der Waals surface area contributed by atoms with Crippen LogP contribution in [0.15, 0.2) is 36.4 Å². The van der Waals surface area contributed by atoms with Crippen molar-refractivity contribution < 1.29 is 13.6 Å². The first kappa shape index (κ1) is 24.8. The molecule has 1 saturated carbocycles. The number of piperidine rings is 1. The zero-order chi connectivity index (χ0) is 25.5. The fourth-order valence-electron chi connectivity index (χ4n) is 6.65. The molecule has 6 unspecified atom stereocenters. The number of carbonyl (C=O) groups is 1. The maximum absolute atomic E-state index is 14.2. The lowest BCUT2D eigenvalue weighted by Crippen LogP contribution is -2.52. The van der Waals surface area contributed by atoms with Crippen LogP contribution in [0.5, 0.6) is 0 Å². The monoisotopic (exact) mass is 526 g/mol. The van der Waals surface area contributed by atoms with Crippen molar-refractivity contribution in [3.05, 3.63) is 59.2 Å². The van der Waals surface area contributed by atoms with Gasteiger partial charge in [0.05, 0.1) is 17.8 Å². The molecular weight excluding hydrogens is 494 g/mol. The van der Waals surface area contributed by atoms with Gasteiger partial charge in [0.2, 0.25) is 5.91 Å². The van der Waals surface area contributed by atoms with Gasteiger partial charge in [0.25, 0.3) is 0 Å². The third-order valence-electron chi connectivity index (χ3n) is 8.38. The minimum Gasteiger partial charge on any atom is -0.352 e. The van der Waals surface area contributed by atoms with E-state index >= 15 is 0 Å². The number of likely N-dealkylation sites (tertiary alicyclic amines) is 1. The van der Waals surface area contributed by atoms with Crippen LogP contribution in [0, 0.1) is 29.4 Å². The number of aromatic nitrogens is 2. The Balaban J connectivity index is 1.10. The van der Waals surface area contributed by atoms with Crippen LogP contribution >= 0.6 is 11.7 Å². The molecular formula is C27H32F2N6OS. The Bertz CT molecular complexity index is 1270. The Morgan fingerprint density at radius 3 is 2.73 bits per heavy atom. The zero-order valence-electron chi connectivity index (χ0n) is 20.8. The average molecular weight is 527 g/mol. The standard InChI is InChI=1S/C27H32F2N6OS/c1-35-13-15(10-19-21(28)3-2-4-22(19)29)9-18(14-35)30-27(36)17-6-7-23-20(11-17)26(32-31-23)16-5-8-24-25(12-16)34-37-33-24/h2-5,8,12,15,17-18,20,23,26,31-32H,6-7,9-11,13-14H2,1H3,(H,30,36). The molecule has 6 rings (SSSR count). The van der Waals surface area contributed by atoms with Crippen LogP contribution in [0.25, 0.3) is 11.0 Å². The number of benzene rings is 2. The van der Waals surface area contributed by atoms with E-state index < -0.39 is 11.6 Å². The van der Waals surface area contributed by atoms with Gasteiger partial charge >= 0.3 is 0 Å². The molecule has 3 N–H and O–H groups in total. The zero-order valence-corrected chi connectivity index (χ0v) is 21.6. The summed E-state index contributed by atoms with van der Waals surface area (Å²) in [6.45, 7) is 1.50. The molecule has 10 heteroatoms. The first-order chi connectivity index (χ1) is 17.9. The van der Waals surface area contributed by atoms with Crippen LogP contribution in [0.2, 0.25) is 0 Å². The van der Waals surface area contributed by atoms with E-state index in [-0.39, 0.29) is 35.4 Å². The summed E-state index contributed by atoms with van der Waals surface area (Å²) < 4.78 is 37.2. The number of nitrogens with one attached hydrogen (secondary N) is 3. The van der Waals surface area contributed by atoms with Gasteiger partial charge in [0, 0.05) is 36.7 Å². The second-order valence-corrected chi connectivity index (χ2v) is 11.5. The van der Waals surface area contributed by atoms with Gasteiger partial charge in [-0.05, 0) is 80.8 Å². The Morgan fingerprint density at radius 1 is 1.08 bits per heavy atom. The first-order valence-electron chi connectivity index (χ1n) is 13.1. The number of hydrogen-bond acceptors (Lipinski definition) is 7. The summed E-state index contributed by atoms with van der Waals surface area (Å²) in [5, 5.41) is 3.29. The number of likely N-dealkylation sites (N-methyl/N-ethyl adjacent to an activating group) is 1. The van der Waals surface area contributed by atoms with Gasteiger partial charge in [-0.3, -0.25) is 10.2 Å². The Hall–Kier alpha value is -2.53. The summed E-state index contributed by atoms with van der Waals surface area (Å²) in [6, 6.07) is 10.7. The lowest BCUT2D eigenvalue weighted by molar-refractivity contribution is -0.127. The van der Waals surface area contributed by atoms with E-state index in [0.29, 0.717) is 18.4 Å². The van der Waals surface area contributed by atoms with Crippen LogP contribution in [-0.4, -0.2) is 51.8 Å². The summed E-state index contributed by atoms with van der Waals surface area (Å²) >= 11 is 1.22. The summed E-state index contributed by atoms with van der Waals surface area (Å²) in [6.07, 6.45) is 3.64. The van der Waals surface area contributed by atoms with Crippen LogP contribution < -0.4 is 16.2 Å². The van der Waals surface area contributed by atoms with Gasteiger partial charge in [0.15, 0.2) is 0 Å². The van der Waals surface area contributed by atoms with Crippen LogP contribution in [0.3, 0.4) is 0 Å².